The van der Waals surface area contributed by atoms with Crippen LogP contribution >= 0.6 is 0 Å². The minimum absolute atomic E-state index is 0.127. The van der Waals surface area contributed by atoms with E-state index in [0.29, 0.717) is 0 Å². The summed E-state index contributed by atoms with van der Waals surface area (Å²) in [5.41, 5.74) is -0.175. The molecule has 2 aliphatic rings. The summed E-state index contributed by atoms with van der Waals surface area (Å²) in [5, 5.41) is 12.0. The lowest BCUT2D eigenvalue weighted by atomic mass is 10.0. The number of rotatable bonds is 1. The molecule has 72 valence electrons. The molecule has 6 nitrogen and oxygen atoms in total. The van der Waals surface area contributed by atoms with Crippen molar-refractivity contribution < 1.29 is 23.2 Å². The highest BCUT2D eigenvalue weighted by Gasteiger charge is 2.48. The maximum Gasteiger partial charge on any atom is 0.354 e. The third-order valence-corrected chi connectivity index (χ3v) is 3.86. The van der Waals surface area contributed by atoms with E-state index in [-0.39, 0.29) is 17.2 Å². The number of fused-ring (bicyclic) bond motifs is 1. The predicted molar refractivity (Wildman–Crippen MR) is 42.1 cm³/mol. The number of carboxylic acid groups (broad SMARTS) is 1. The van der Waals surface area contributed by atoms with Crippen LogP contribution in [0.1, 0.15) is 0 Å². The zero-order valence-electron chi connectivity index (χ0n) is 6.50. The number of aliphatic carboxylic acids is 1. The van der Waals surface area contributed by atoms with Crippen molar-refractivity contribution in [1.29, 1.82) is 0 Å². The van der Waals surface area contributed by atoms with Crippen molar-refractivity contribution >= 4 is 21.5 Å². The summed E-state index contributed by atoms with van der Waals surface area (Å²) >= 11 is 0. The van der Waals surface area contributed by atoms with Gasteiger partial charge < -0.3 is 9.94 Å². The van der Waals surface area contributed by atoms with Crippen LogP contribution in [-0.4, -0.2) is 42.8 Å². The first-order valence-corrected chi connectivity index (χ1v) is 5.49. The molecule has 0 aliphatic carbocycles. The monoisotopic (exact) mass is 205 g/mol. The van der Waals surface area contributed by atoms with Crippen molar-refractivity contribution in [3.63, 3.8) is 0 Å². The van der Waals surface area contributed by atoms with Gasteiger partial charge in [0.15, 0.2) is 21.7 Å². The zero-order valence-corrected chi connectivity index (χ0v) is 7.32. The Labute approximate surface area is 74.1 Å². The smallest absolute Gasteiger partial charge is 0.354 e. The summed E-state index contributed by atoms with van der Waals surface area (Å²) in [6.45, 7) is 0. The van der Waals surface area contributed by atoms with E-state index in [1.807, 2.05) is 0 Å². The van der Waals surface area contributed by atoms with Gasteiger partial charge in [-0.05, 0) is 0 Å². The van der Waals surface area contributed by atoms with Crippen molar-refractivity contribution in [2.45, 2.75) is 6.10 Å². The Bertz CT molecular complexity index is 384. The topological polar surface area (TPSA) is 93.0 Å². The molecule has 2 atom stereocenters. The average Bonchev–Trinajstić information content (AvgIpc) is 2.41. The van der Waals surface area contributed by atoms with E-state index in [1.54, 1.807) is 0 Å². The molecular formula is C6H7NO5S. The van der Waals surface area contributed by atoms with Gasteiger partial charge in [0.25, 0.3) is 0 Å². The molecule has 0 bridgehead atoms. The fourth-order valence-electron chi connectivity index (χ4n) is 1.56. The molecule has 1 saturated heterocycles. The van der Waals surface area contributed by atoms with Crippen LogP contribution in [0.5, 0.6) is 0 Å². The Morgan fingerprint density at radius 2 is 2.23 bits per heavy atom. The Balaban J connectivity index is 2.28. The molecule has 0 unspecified atom stereocenters. The van der Waals surface area contributed by atoms with Gasteiger partial charge in [-0.1, -0.05) is 5.16 Å². The highest BCUT2D eigenvalue weighted by atomic mass is 32.2. The summed E-state index contributed by atoms with van der Waals surface area (Å²) < 4.78 is 22.2. The first-order chi connectivity index (χ1) is 5.99. The summed E-state index contributed by atoms with van der Waals surface area (Å²) in [5.74, 6) is -2.08. The van der Waals surface area contributed by atoms with Gasteiger partial charge in [0.2, 0.25) is 0 Å². The second kappa shape index (κ2) is 2.44. The molecule has 0 aromatic rings. The van der Waals surface area contributed by atoms with E-state index in [0.717, 1.165) is 0 Å². The van der Waals surface area contributed by atoms with Gasteiger partial charge in [0.1, 0.15) is 0 Å². The molecule has 13 heavy (non-hydrogen) atoms. The van der Waals surface area contributed by atoms with Gasteiger partial charge in [-0.2, -0.15) is 0 Å². The third-order valence-electron chi connectivity index (χ3n) is 2.16. The molecule has 1 N–H and O–H groups in total. The van der Waals surface area contributed by atoms with Crippen LogP contribution in [0.4, 0.5) is 0 Å². The minimum Gasteiger partial charge on any atom is -0.477 e. The first-order valence-electron chi connectivity index (χ1n) is 3.67. The first kappa shape index (κ1) is 8.49. The molecule has 2 rings (SSSR count). The molecule has 0 radical (unpaired) electrons. The summed E-state index contributed by atoms with van der Waals surface area (Å²) in [4.78, 5) is 15.3. The molecule has 0 saturated carbocycles. The molecule has 7 heteroatoms. The van der Waals surface area contributed by atoms with Crippen LogP contribution in [0.15, 0.2) is 5.16 Å². The quantitative estimate of drug-likeness (QED) is 0.584. The maximum absolute atomic E-state index is 11.1. The van der Waals surface area contributed by atoms with E-state index >= 15 is 0 Å². The Morgan fingerprint density at radius 3 is 2.85 bits per heavy atom. The van der Waals surface area contributed by atoms with Gasteiger partial charge in [-0.3, -0.25) is 0 Å². The van der Waals surface area contributed by atoms with Crippen LogP contribution in [-0.2, 0) is 19.5 Å². The van der Waals surface area contributed by atoms with Crippen LogP contribution in [0.2, 0.25) is 0 Å². The maximum atomic E-state index is 11.1. The van der Waals surface area contributed by atoms with Gasteiger partial charge >= 0.3 is 5.97 Å². The van der Waals surface area contributed by atoms with E-state index in [4.69, 9.17) is 9.94 Å². The molecule has 0 spiro atoms. The van der Waals surface area contributed by atoms with Crippen LogP contribution in [0, 0.1) is 5.92 Å². The van der Waals surface area contributed by atoms with Crippen molar-refractivity contribution in [1.82, 2.24) is 0 Å². The standard InChI is InChI=1S/C6H7NO5S/c8-6(9)5-3-1-13(10,11)2-4(3)12-7-5/h3-4H,1-2H2,(H,8,9)/t3-,4+/m1/s1. The number of nitrogens with zero attached hydrogens (tertiary/aromatic N) is 1. The molecule has 0 aromatic heterocycles. The molecule has 2 aliphatic heterocycles. The average molecular weight is 205 g/mol. The number of hydrogen-bond donors (Lipinski definition) is 1. The lowest BCUT2D eigenvalue weighted by Crippen LogP contribution is -2.26. The molecule has 1 fully saturated rings. The summed E-state index contributed by atoms with van der Waals surface area (Å²) in [7, 11) is -3.14. The highest BCUT2D eigenvalue weighted by Crippen LogP contribution is 2.28. The van der Waals surface area contributed by atoms with E-state index in [1.165, 1.54) is 0 Å². The van der Waals surface area contributed by atoms with Crippen molar-refractivity contribution in [3.8, 4) is 0 Å². The second-order valence-corrected chi connectivity index (χ2v) is 5.26. The van der Waals surface area contributed by atoms with Crippen LogP contribution in [0.3, 0.4) is 0 Å². The summed E-state index contributed by atoms with van der Waals surface area (Å²) in [6.07, 6.45) is -0.587. The summed E-state index contributed by atoms with van der Waals surface area (Å²) in [6, 6.07) is 0. The Hall–Kier alpha value is -1.11. The van der Waals surface area contributed by atoms with Gasteiger partial charge in [-0.25, -0.2) is 13.2 Å². The highest BCUT2D eigenvalue weighted by molar-refractivity contribution is 7.91. The number of sulfone groups is 1. The Kier molecular flexibility index (Phi) is 1.59. The fourth-order valence-corrected chi connectivity index (χ4v) is 3.41. The van der Waals surface area contributed by atoms with Crippen molar-refractivity contribution in [3.05, 3.63) is 0 Å². The van der Waals surface area contributed by atoms with Gasteiger partial charge in [-0.15, -0.1) is 0 Å². The van der Waals surface area contributed by atoms with E-state index < -0.39 is 27.8 Å². The number of hydrogen-bond acceptors (Lipinski definition) is 5. The van der Waals surface area contributed by atoms with E-state index in [2.05, 4.69) is 5.16 Å². The Morgan fingerprint density at radius 1 is 1.54 bits per heavy atom. The molecule has 0 amide bonds. The van der Waals surface area contributed by atoms with Crippen LogP contribution in [0.25, 0.3) is 0 Å². The van der Waals surface area contributed by atoms with Crippen molar-refractivity contribution in [2.24, 2.45) is 11.1 Å². The second-order valence-electron chi connectivity index (χ2n) is 3.11. The van der Waals surface area contributed by atoms with Gasteiger partial charge in [0.05, 0.1) is 17.4 Å². The number of carbonyl (C=O) groups is 1. The minimum atomic E-state index is -3.14. The van der Waals surface area contributed by atoms with E-state index in [9.17, 15) is 13.2 Å². The normalized spacial score (nSPS) is 34.9. The zero-order chi connectivity index (χ0) is 9.64. The predicted octanol–water partition coefficient (Wildman–Crippen LogP) is -1.13. The molecule has 2 heterocycles. The lowest BCUT2D eigenvalue weighted by Gasteiger charge is -2.02. The molecular weight excluding hydrogens is 198 g/mol. The number of carboxylic acids is 1. The lowest BCUT2D eigenvalue weighted by molar-refractivity contribution is -0.129. The largest absolute Gasteiger partial charge is 0.477 e. The third kappa shape index (κ3) is 1.28. The fraction of sp³-hybridized carbons (Fsp3) is 0.667. The van der Waals surface area contributed by atoms with Crippen molar-refractivity contribution in [2.75, 3.05) is 11.5 Å². The van der Waals surface area contributed by atoms with Crippen LogP contribution < -0.4 is 0 Å². The molecule has 0 aromatic carbocycles. The SMILES string of the molecule is O=C(O)C1=NO[C@H]2CS(=O)(=O)C[C@@H]12. The number of oxime groups is 1. The van der Waals surface area contributed by atoms with Gasteiger partial charge in [0, 0.05) is 0 Å².